The second-order valence-electron chi connectivity index (χ2n) is 5.13. The second kappa shape index (κ2) is 5.11. The molecule has 2 rings (SSSR count). The minimum atomic E-state index is -0.960. The quantitative estimate of drug-likeness (QED) is 0.853. The third-order valence-electron chi connectivity index (χ3n) is 3.63. The van der Waals surface area contributed by atoms with E-state index in [0.717, 1.165) is 30.4 Å². The summed E-state index contributed by atoms with van der Waals surface area (Å²) in [7, 11) is 1.36. The summed E-state index contributed by atoms with van der Waals surface area (Å²) in [6, 6.07) is 3.56. The molecule has 0 saturated heterocycles. The Balaban J connectivity index is 2.42. The smallest absolute Gasteiger partial charge is 0.349 e. The number of methoxy groups -OCH3 is 1. The van der Waals surface area contributed by atoms with Crippen LogP contribution in [0.5, 0.6) is 11.5 Å². The number of hydrogen-bond donors (Lipinski definition) is 1. The van der Waals surface area contributed by atoms with Crippen molar-refractivity contribution >= 4 is 5.97 Å². The van der Waals surface area contributed by atoms with Crippen molar-refractivity contribution in [1.29, 1.82) is 0 Å². The first-order chi connectivity index (χ1) is 9.01. The molecule has 4 heteroatoms. The van der Waals surface area contributed by atoms with E-state index in [4.69, 9.17) is 9.47 Å². The lowest BCUT2D eigenvalue weighted by molar-refractivity contribution is -0.159. The number of phenolic OH excluding ortho intramolecular Hbond substituents is 1. The van der Waals surface area contributed by atoms with Crippen molar-refractivity contribution in [2.24, 2.45) is 0 Å². The van der Waals surface area contributed by atoms with Gasteiger partial charge in [0.15, 0.2) is 0 Å². The van der Waals surface area contributed by atoms with E-state index in [1.807, 2.05) is 13.0 Å². The first-order valence-corrected chi connectivity index (χ1v) is 6.63. The van der Waals surface area contributed by atoms with Gasteiger partial charge in [0.2, 0.25) is 5.60 Å². The first-order valence-electron chi connectivity index (χ1n) is 6.63. The Hall–Kier alpha value is -1.71. The number of benzene rings is 1. The largest absolute Gasteiger partial charge is 0.508 e. The molecule has 0 fully saturated rings. The molecule has 1 aromatic carbocycles. The van der Waals surface area contributed by atoms with Gasteiger partial charge in [0, 0.05) is 12.0 Å². The molecule has 0 bridgehead atoms. The lowest BCUT2D eigenvalue weighted by atomic mass is 9.90. The van der Waals surface area contributed by atoms with Crippen molar-refractivity contribution < 1.29 is 19.4 Å². The molecular weight excluding hydrogens is 244 g/mol. The van der Waals surface area contributed by atoms with E-state index in [1.165, 1.54) is 7.11 Å². The maximum Gasteiger partial charge on any atom is 0.349 e. The molecule has 1 aromatic rings. The number of rotatable bonds is 3. The van der Waals surface area contributed by atoms with Gasteiger partial charge in [-0.25, -0.2) is 4.79 Å². The summed E-state index contributed by atoms with van der Waals surface area (Å²) in [6.07, 6.45) is 2.97. The fourth-order valence-electron chi connectivity index (χ4n) is 2.49. The molecule has 1 atom stereocenters. The molecule has 4 nitrogen and oxygen atoms in total. The molecule has 0 aliphatic carbocycles. The number of carbonyl (C=O) groups excluding carboxylic acids is 1. The molecule has 1 N–H and O–H groups in total. The van der Waals surface area contributed by atoms with Gasteiger partial charge in [0.1, 0.15) is 11.5 Å². The number of ether oxygens (including phenoxy) is 2. The molecule has 1 heterocycles. The fraction of sp³-hybridized carbons (Fsp3) is 0.533. The standard InChI is InChI=1S/C15H20O4/c1-4-5-11-12(16)7-6-10-8-9-15(2,14(17)18-3)19-13(10)11/h6-7,16H,4-5,8-9H2,1-3H3. The number of aryl methyl sites for hydroxylation is 1. The summed E-state index contributed by atoms with van der Waals surface area (Å²) in [6.45, 7) is 3.78. The van der Waals surface area contributed by atoms with Crippen molar-refractivity contribution in [2.75, 3.05) is 7.11 Å². The highest BCUT2D eigenvalue weighted by atomic mass is 16.6. The van der Waals surface area contributed by atoms with Gasteiger partial charge in [0.05, 0.1) is 7.11 Å². The molecule has 0 amide bonds. The van der Waals surface area contributed by atoms with Crippen LogP contribution < -0.4 is 4.74 Å². The molecule has 1 unspecified atom stereocenters. The lowest BCUT2D eigenvalue weighted by Gasteiger charge is -2.34. The molecule has 1 aliphatic rings. The summed E-state index contributed by atoms with van der Waals surface area (Å²) in [4.78, 5) is 11.8. The second-order valence-corrected chi connectivity index (χ2v) is 5.13. The number of aromatic hydroxyl groups is 1. The van der Waals surface area contributed by atoms with Crippen molar-refractivity contribution in [2.45, 2.75) is 45.1 Å². The average Bonchev–Trinajstić information content (AvgIpc) is 2.41. The number of hydrogen-bond acceptors (Lipinski definition) is 4. The SMILES string of the molecule is CCCc1c(O)ccc2c1OC(C)(C(=O)OC)CC2. The summed E-state index contributed by atoms with van der Waals surface area (Å²) >= 11 is 0. The van der Waals surface area contributed by atoms with Gasteiger partial charge in [-0.3, -0.25) is 0 Å². The van der Waals surface area contributed by atoms with Crippen LogP contribution in [0.2, 0.25) is 0 Å². The zero-order valence-corrected chi connectivity index (χ0v) is 11.7. The van der Waals surface area contributed by atoms with Crippen LogP contribution in [0.1, 0.15) is 37.8 Å². The van der Waals surface area contributed by atoms with Crippen LogP contribution in [0.15, 0.2) is 12.1 Å². The van der Waals surface area contributed by atoms with E-state index in [-0.39, 0.29) is 11.7 Å². The Morgan fingerprint density at radius 1 is 1.53 bits per heavy atom. The third kappa shape index (κ3) is 2.39. The number of phenols is 1. The van der Waals surface area contributed by atoms with Gasteiger partial charge in [-0.05, 0) is 31.4 Å². The highest BCUT2D eigenvalue weighted by Crippen LogP contribution is 2.40. The van der Waals surface area contributed by atoms with E-state index >= 15 is 0 Å². The molecule has 104 valence electrons. The van der Waals surface area contributed by atoms with Gasteiger partial charge in [-0.1, -0.05) is 19.4 Å². The summed E-state index contributed by atoms with van der Waals surface area (Å²) in [5.74, 6) is 0.514. The molecular formula is C15H20O4. The molecule has 19 heavy (non-hydrogen) atoms. The van der Waals surface area contributed by atoms with Crippen molar-refractivity contribution in [3.8, 4) is 11.5 Å². The normalized spacial score (nSPS) is 21.4. The zero-order valence-electron chi connectivity index (χ0n) is 11.7. The lowest BCUT2D eigenvalue weighted by Crippen LogP contribution is -2.45. The van der Waals surface area contributed by atoms with Gasteiger partial charge in [0.25, 0.3) is 0 Å². The summed E-state index contributed by atoms with van der Waals surface area (Å²) in [5.41, 5.74) is 0.871. The Bertz CT molecular complexity index is 495. The van der Waals surface area contributed by atoms with Crippen LogP contribution in [0.4, 0.5) is 0 Å². The summed E-state index contributed by atoms with van der Waals surface area (Å²) in [5, 5.41) is 9.97. The molecule has 0 spiro atoms. The zero-order chi connectivity index (χ0) is 14.0. The maximum absolute atomic E-state index is 11.8. The minimum absolute atomic E-state index is 0.231. The first kappa shape index (κ1) is 13.7. The van der Waals surface area contributed by atoms with E-state index in [9.17, 15) is 9.90 Å². The van der Waals surface area contributed by atoms with E-state index < -0.39 is 5.60 Å². The highest BCUT2D eigenvalue weighted by molar-refractivity contribution is 5.80. The topological polar surface area (TPSA) is 55.8 Å². The Labute approximate surface area is 113 Å². The fourth-order valence-corrected chi connectivity index (χ4v) is 2.49. The third-order valence-corrected chi connectivity index (χ3v) is 3.63. The monoisotopic (exact) mass is 264 g/mol. The number of esters is 1. The molecule has 0 radical (unpaired) electrons. The van der Waals surface area contributed by atoms with Crippen LogP contribution in [0.3, 0.4) is 0 Å². The van der Waals surface area contributed by atoms with E-state index in [2.05, 4.69) is 0 Å². The Morgan fingerprint density at radius 3 is 2.89 bits per heavy atom. The Kier molecular flexibility index (Phi) is 3.69. The van der Waals surface area contributed by atoms with E-state index in [1.54, 1.807) is 13.0 Å². The molecule has 0 saturated carbocycles. The van der Waals surface area contributed by atoms with E-state index in [0.29, 0.717) is 12.2 Å². The van der Waals surface area contributed by atoms with Crippen LogP contribution in [0, 0.1) is 0 Å². The van der Waals surface area contributed by atoms with Crippen molar-refractivity contribution in [1.82, 2.24) is 0 Å². The highest BCUT2D eigenvalue weighted by Gasteiger charge is 2.41. The van der Waals surface area contributed by atoms with Crippen molar-refractivity contribution in [3.05, 3.63) is 23.3 Å². The number of carbonyl (C=O) groups is 1. The van der Waals surface area contributed by atoms with Gasteiger partial charge < -0.3 is 14.6 Å². The van der Waals surface area contributed by atoms with Crippen LogP contribution >= 0.6 is 0 Å². The minimum Gasteiger partial charge on any atom is -0.508 e. The van der Waals surface area contributed by atoms with Gasteiger partial charge in [-0.15, -0.1) is 0 Å². The Morgan fingerprint density at radius 2 is 2.26 bits per heavy atom. The van der Waals surface area contributed by atoms with Gasteiger partial charge in [-0.2, -0.15) is 0 Å². The van der Waals surface area contributed by atoms with Crippen LogP contribution in [-0.2, 0) is 22.4 Å². The molecule has 1 aliphatic heterocycles. The van der Waals surface area contributed by atoms with Crippen LogP contribution in [-0.4, -0.2) is 23.8 Å². The summed E-state index contributed by atoms with van der Waals surface area (Å²) < 4.78 is 10.7. The molecule has 0 aromatic heterocycles. The average molecular weight is 264 g/mol. The van der Waals surface area contributed by atoms with Gasteiger partial charge >= 0.3 is 5.97 Å². The predicted molar refractivity (Wildman–Crippen MR) is 71.5 cm³/mol. The maximum atomic E-state index is 11.8. The van der Waals surface area contributed by atoms with Crippen LogP contribution in [0.25, 0.3) is 0 Å². The predicted octanol–water partition coefficient (Wildman–Crippen LogP) is 2.60. The van der Waals surface area contributed by atoms with Crippen molar-refractivity contribution in [3.63, 3.8) is 0 Å². The number of fused-ring (bicyclic) bond motifs is 1.